The highest BCUT2D eigenvalue weighted by Crippen LogP contribution is 2.37. The van der Waals surface area contributed by atoms with E-state index in [-0.39, 0.29) is 0 Å². The average Bonchev–Trinajstić information content (AvgIpc) is 2.98. The molecule has 1 atom stereocenters. The molecule has 108 valence electrons. The quantitative estimate of drug-likeness (QED) is 0.919. The summed E-state index contributed by atoms with van der Waals surface area (Å²) in [4.78, 5) is 9.65. The van der Waals surface area contributed by atoms with Gasteiger partial charge < -0.3 is 10.1 Å². The molecular weight excluding hydrogens is 262 g/mol. The van der Waals surface area contributed by atoms with E-state index >= 15 is 0 Å². The Morgan fingerprint density at radius 2 is 2.10 bits per heavy atom. The Labute approximate surface area is 124 Å². The second-order valence-corrected chi connectivity index (χ2v) is 5.70. The first-order chi connectivity index (χ1) is 10.4. The molecule has 0 saturated carbocycles. The molecule has 0 amide bonds. The van der Waals surface area contributed by atoms with Gasteiger partial charge in [-0.3, -0.25) is 0 Å². The maximum absolute atomic E-state index is 5.54. The molecule has 4 rings (SSSR count). The van der Waals surface area contributed by atoms with Crippen molar-refractivity contribution in [2.45, 2.75) is 31.8 Å². The zero-order valence-corrected chi connectivity index (χ0v) is 12.2. The molecule has 0 saturated heterocycles. The molecule has 0 spiro atoms. The van der Waals surface area contributed by atoms with Crippen LogP contribution in [0.5, 0.6) is 0 Å². The van der Waals surface area contributed by atoms with Crippen LogP contribution in [0.3, 0.4) is 0 Å². The maximum Gasteiger partial charge on any atom is 0.138 e. The fourth-order valence-electron chi connectivity index (χ4n) is 3.44. The third-order valence-electron chi connectivity index (χ3n) is 4.52. The number of fused-ring (bicyclic) bond motifs is 2. The molecule has 4 heteroatoms. The normalized spacial score (nSPS) is 20.0. The predicted molar refractivity (Wildman–Crippen MR) is 81.5 cm³/mol. The van der Waals surface area contributed by atoms with Gasteiger partial charge in [-0.1, -0.05) is 24.3 Å². The van der Waals surface area contributed by atoms with Crippen molar-refractivity contribution in [3.05, 3.63) is 52.5 Å². The van der Waals surface area contributed by atoms with E-state index < -0.39 is 0 Å². The van der Waals surface area contributed by atoms with E-state index in [4.69, 9.17) is 14.7 Å². The summed E-state index contributed by atoms with van der Waals surface area (Å²) in [6.07, 6.45) is 3.12. The van der Waals surface area contributed by atoms with Gasteiger partial charge in [0.05, 0.1) is 18.9 Å². The van der Waals surface area contributed by atoms with E-state index in [2.05, 4.69) is 29.6 Å². The van der Waals surface area contributed by atoms with E-state index in [9.17, 15) is 0 Å². The molecule has 2 heterocycles. The fraction of sp³-hybridized carbons (Fsp3) is 0.412. The molecule has 1 aliphatic carbocycles. The minimum atomic E-state index is 0.335. The lowest BCUT2D eigenvalue weighted by atomic mass is 9.99. The van der Waals surface area contributed by atoms with Crippen LogP contribution in [0, 0.1) is 0 Å². The zero-order chi connectivity index (χ0) is 14.2. The van der Waals surface area contributed by atoms with Gasteiger partial charge in [-0.2, -0.15) is 0 Å². The fourth-order valence-corrected chi connectivity index (χ4v) is 3.44. The highest BCUT2D eigenvalue weighted by molar-refractivity contribution is 5.48. The molecule has 0 radical (unpaired) electrons. The second-order valence-electron chi connectivity index (χ2n) is 5.70. The highest BCUT2D eigenvalue weighted by Gasteiger charge is 2.28. The molecule has 2 aliphatic rings. The number of hydrogen-bond donors (Lipinski definition) is 1. The first-order valence-electron chi connectivity index (χ1n) is 7.60. The van der Waals surface area contributed by atoms with Crippen LogP contribution >= 0.6 is 0 Å². The Hall–Kier alpha value is -1.94. The largest absolute Gasteiger partial charge is 0.376 e. The topological polar surface area (TPSA) is 47.0 Å². The van der Waals surface area contributed by atoms with Crippen LogP contribution in [0.2, 0.25) is 0 Å². The van der Waals surface area contributed by atoms with E-state index in [1.54, 1.807) is 0 Å². The summed E-state index contributed by atoms with van der Waals surface area (Å²) < 4.78 is 5.54. The Balaban J connectivity index is 1.80. The maximum atomic E-state index is 5.54. The lowest BCUT2D eigenvalue weighted by Gasteiger charge is -2.21. The van der Waals surface area contributed by atoms with Crippen LogP contribution < -0.4 is 5.32 Å². The van der Waals surface area contributed by atoms with E-state index in [0.717, 1.165) is 48.8 Å². The number of benzene rings is 1. The van der Waals surface area contributed by atoms with Crippen molar-refractivity contribution in [1.82, 2.24) is 9.97 Å². The van der Waals surface area contributed by atoms with Gasteiger partial charge in [0.1, 0.15) is 11.6 Å². The van der Waals surface area contributed by atoms with Gasteiger partial charge in [0.25, 0.3) is 0 Å². The third kappa shape index (κ3) is 2.10. The number of nitrogens with one attached hydrogen (secondary N) is 1. The van der Waals surface area contributed by atoms with Crippen LogP contribution in [-0.4, -0.2) is 23.6 Å². The molecular formula is C17H19N3O. The van der Waals surface area contributed by atoms with Crippen LogP contribution in [0.25, 0.3) is 0 Å². The standard InChI is InChI=1S/C17H19N3O/c1-18-16-14-10-21-9-8-15(14)19-17(20-16)13-7-6-11-4-2-3-5-12(11)13/h2-5,13H,6-10H2,1H3,(H,18,19,20). The van der Waals surface area contributed by atoms with Crippen molar-refractivity contribution in [1.29, 1.82) is 0 Å². The monoisotopic (exact) mass is 281 g/mol. The summed E-state index contributed by atoms with van der Waals surface area (Å²) in [5, 5.41) is 3.21. The van der Waals surface area contributed by atoms with Gasteiger partial charge in [0, 0.05) is 24.9 Å². The summed E-state index contributed by atoms with van der Waals surface area (Å²) in [5.74, 6) is 2.23. The number of ether oxygens (including phenoxy) is 1. The summed E-state index contributed by atoms with van der Waals surface area (Å²) in [5.41, 5.74) is 5.11. The van der Waals surface area contributed by atoms with Crippen molar-refractivity contribution >= 4 is 5.82 Å². The molecule has 4 nitrogen and oxygen atoms in total. The number of aromatic nitrogens is 2. The van der Waals surface area contributed by atoms with Crippen LogP contribution in [0.4, 0.5) is 5.82 Å². The Morgan fingerprint density at radius 3 is 3.00 bits per heavy atom. The van der Waals surface area contributed by atoms with Gasteiger partial charge in [-0.25, -0.2) is 9.97 Å². The summed E-state index contributed by atoms with van der Waals surface area (Å²) in [7, 11) is 1.92. The highest BCUT2D eigenvalue weighted by atomic mass is 16.5. The van der Waals surface area contributed by atoms with Gasteiger partial charge in [-0.05, 0) is 24.0 Å². The van der Waals surface area contributed by atoms with Crippen molar-refractivity contribution in [2.75, 3.05) is 19.0 Å². The average molecular weight is 281 g/mol. The summed E-state index contributed by atoms with van der Waals surface area (Å²) in [6, 6.07) is 8.67. The van der Waals surface area contributed by atoms with Crippen molar-refractivity contribution in [3.8, 4) is 0 Å². The number of rotatable bonds is 2. The van der Waals surface area contributed by atoms with Crippen LogP contribution in [-0.2, 0) is 24.2 Å². The molecule has 21 heavy (non-hydrogen) atoms. The molecule has 1 unspecified atom stereocenters. The van der Waals surface area contributed by atoms with Crippen molar-refractivity contribution in [3.63, 3.8) is 0 Å². The van der Waals surface area contributed by atoms with Crippen molar-refractivity contribution < 1.29 is 4.74 Å². The van der Waals surface area contributed by atoms with Gasteiger partial charge in [-0.15, -0.1) is 0 Å². The van der Waals surface area contributed by atoms with Crippen LogP contribution in [0.1, 0.15) is 40.5 Å². The molecule has 1 aromatic carbocycles. The minimum absolute atomic E-state index is 0.335. The van der Waals surface area contributed by atoms with Gasteiger partial charge in [0.15, 0.2) is 0 Å². The number of aryl methyl sites for hydroxylation is 1. The van der Waals surface area contributed by atoms with Crippen molar-refractivity contribution in [2.24, 2.45) is 0 Å². The van der Waals surface area contributed by atoms with Crippen LogP contribution in [0.15, 0.2) is 24.3 Å². The lowest BCUT2D eigenvalue weighted by molar-refractivity contribution is 0.109. The number of anilines is 1. The molecule has 0 fully saturated rings. The molecule has 0 bridgehead atoms. The van der Waals surface area contributed by atoms with Gasteiger partial charge in [0.2, 0.25) is 0 Å². The Morgan fingerprint density at radius 1 is 1.19 bits per heavy atom. The predicted octanol–water partition coefficient (Wildman–Crippen LogP) is 2.67. The molecule has 1 aliphatic heterocycles. The number of nitrogens with zero attached hydrogens (tertiary/aromatic N) is 2. The molecule has 2 aromatic rings. The van der Waals surface area contributed by atoms with E-state index in [1.807, 2.05) is 7.05 Å². The Kier molecular flexibility index (Phi) is 3.11. The SMILES string of the molecule is CNc1nc(C2CCc3ccccc32)nc2c1COCC2. The number of hydrogen-bond acceptors (Lipinski definition) is 4. The smallest absolute Gasteiger partial charge is 0.138 e. The summed E-state index contributed by atoms with van der Waals surface area (Å²) >= 11 is 0. The molecule has 1 aromatic heterocycles. The first kappa shape index (κ1) is 12.8. The lowest BCUT2D eigenvalue weighted by Crippen LogP contribution is -2.18. The third-order valence-corrected chi connectivity index (χ3v) is 4.52. The van der Waals surface area contributed by atoms with Gasteiger partial charge >= 0.3 is 0 Å². The summed E-state index contributed by atoms with van der Waals surface area (Å²) in [6.45, 7) is 1.38. The second kappa shape index (κ2) is 5.11. The van der Waals surface area contributed by atoms with E-state index in [0.29, 0.717) is 12.5 Å². The molecule has 1 N–H and O–H groups in total. The van der Waals surface area contributed by atoms with E-state index in [1.165, 1.54) is 11.1 Å². The zero-order valence-electron chi connectivity index (χ0n) is 12.2. The minimum Gasteiger partial charge on any atom is -0.376 e. The first-order valence-corrected chi connectivity index (χ1v) is 7.60. The Bertz CT molecular complexity index is 666.